The summed E-state index contributed by atoms with van der Waals surface area (Å²) < 4.78 is 4.54. The number of methoxy groups -OCH3 is 1. The third-order valence-electron chi connectivity index (χ3n) is 1.93. The number of halogens is 2. The molecule has 0 aromatic heterocycles. The minimum absolute atomic E-state index is 0.378. The van der Waals surface area contributed by atoms with Crippen LogP contribution in [0.5, 0.6) is 0 Å². The molecule has 1 rings (SSSR count). The van der Waals surface area contributed by atoms with Crippen LogP contribution in [0.1, 0.15) is 12.5 Å². The number of rotatable bonds is 3. The van der Waals surface area contributed by atoms with E-state index in [-0.39, 0.29) is 5.97 Å². The zero-order chi connectivity index (χ0) is 12.1. The number of carbonyl (C=O) groups excluding carboxylic acids is 1. The number of aliphatic imine (C=N–C) groups is 1. The van der Waals surface area contributed by atoms with Crippen LogP contribution in [0.2, 0.25) is 10.0 Å². The highest BCUT2D eigenvalue weighted by Gasteiger charge is 2.09. The van der Waals surface area contributed by atoms with Crippen molar-refractivity contribution in [2.45, 2.75) is 13.0 Å². The zero-order valence-corrected chi connectivity index (χ0v) is 10.4. The first-order valence-corrected chi connectivity index (χ1v) is 5.36. The second kappa shape index (κ2) is 5.87. The van der Waals surface area contributed by atoms with Crippen molar-refractivity contribution < 1.29 is 9.53 Å². The molecule has 0 aliphatic carbocycles. The monoisotopic (exact) mass is 259 g/mol. The van der Waals surface area contributed by atoms with Gasteiger partial charge in [-0.15, -0.1) is 0 Å². The second-order valence-electron chi connectivity index (χ2n) is 3.15. The molecule has 1 aromatic rings. The fourth-order valence-electron chi connectivity index (χ4n) is 1.02. The quantitative estimate of drug-likeness (QED) is 0.619. The summed E-state index contributed by atoms with van der Waals surface area (Å²) in [6.07, 6.45) is 1.56. The average Bonchev–Trinajstić information content (AvgIpc) is 2.29. The molecule has 1 atom stereocenters. The minimum atomic E-state index is -0.528. The molecule has 0 saturated carbocycles. The van der Waals surface area contributed by atoms with Crippen molar-refractivity contribution in [3.05, 3.63) is 33.8 Å². The van der Waals surface area contributed by atoms with E-state index in [1.807, 2.05) is 0 Å². The van der Waals surface area contributed by atoms with Crippen molar-refractivity contribution in [1.29, 1.82) is 0 Å². The van der Waals surface area contributed by atoms with Gasteiger partial charge in [-0.25, -0.2) is 4.79 Å². The van der Waals surface area contributed by atoms with Crippen molar-refractivity contribution in [2.24, 2.45) is 4.99 Å². The number of benzene rings is 1. The molecule has 0 aliphatic rings. The van der Waals surface area contributed by atoms with Crippen LogP contribution in [-0.4, -0.2) is 25.3 Å². The van der Waals surface area contributed by atoms with Gasteiger partial charge in [0.05, 0.1) is 17.2 Å². The van der Waals surface area contributed by atoms with Gasteiger partial charge in [-0.3, -0.25) is 4.99 Å². The van der Waals surface area contributed by atoms with Crippen molar-refractivity contribution in [3.8, 4) is 0 Å². The van der Waals surface area contributed by atoms with Crippen molar-refractivity contribution in [1.82, 2.24) is 0 Å². The molecule has 0 bridgehead atoms. The van der Waals surface area contributed by atoms with Crippen LogP contribution >= 0.6 is 23.2 Å². The molecule has 5 heteroatoms. The highest BCUT2D eigenvalue weighted by molar-refractivity contribution is 6.42. The van der Waals surface area contributed by atoms with Gasteiger partial charge in [0.2, 0.25) is 0 Å². The van der Waals surface area contributed by atoms with E-state index in [1.54, 1.807) is 31.3 Å². The smallest absolute Gasteiger partial charge is 0.330 e. The predicted molar refractivity (Wildman–Crippen MR) is 65.5 cm³/mol. The number of hydrogen-bond acceptors (Lipinski definition) is 3. The van der Waals surface area contributed by atoms with Crippen LogP contribution < -0.4 is 0 Å². The van der Waals surface area contributed by atoms with Crippen molar-refractivity contribution in [2.75, 3.05) is 7.11 Å². The molecule has 0 spiro atoms. The van der Waals surface area contributed by atoms with E-state index in [2.05, 4.69) is 9.73 Å². The molecule has 0 amide bonds. The number of nitrogens with zero attached hydrogens (tertiary/aromatic N) is 1. The highest BCUT2D eigenvalue weighted by atomic mass is 35.5. The third-order valence-corrected chi connectivity index (χ3v) is 2.67. The molecular formula is C11H11Cl2NO2. The molecule has 16 heavy (non-hydrogen) atoms. The molecule has 1 aromatic carbocycles. The summed E-state index contributed by atoms with van der Waals surface area (Å²) in [6, 6.07) is 4.59. The maximum atomic E-state index is 11.1. The molecule has 3 nitrogen and oxygen atoms in total. The van der Waals surface area contributed by atoms with Crippen molar-refractivity contribution >= 4 is 35.4 Å². The Bertz CT molecular complexity index is 418. The summed E-state index contributed by atoms with van der Waals surface area (Å²) in [5, 5.41) is 0.941. The lowest BCUT2D eigenvalue weighted by atomic mass is 10.2. The Hall–Kier alpha value is -1.06. The van der Waals surface area contributed by atoms with E-state index in [4.69, 9.17) is 23.2 Å². The maximum absolute atomic E-state index is 11.1. The van der Waals surface area contributed by atoms with E-state index < -0.39 is 6.04 Å². The molecule has 0 fully saturated rings. The summed E-state index contributed by atoms with van der Waals surface area (Å²) in [5.74, 6) is -0.378. The van der Waals surface area contributed by atoms with Gasteiger partial charge in [0.1, 0.15) is 6.04 Å². The molecule has 0 N–H and O–H groups in total. The molecule has 0 saturated heterocycles. The van der Waals surface area contributed by atoms with Gasteiger partial charge in [0.25, 0.3) is 0 Å². The van der Waals surface area contributed by atoms with Crippen LogP contribution in [0.25, 0.3) is 0 Å². The average molecular weight is 260 g/mol. The highest BCUT2D eigenvalue weighted by Crippen LogP contribution is 2.21. The zero-order valence-electron chi connectivity index (χ0n) is 8.91. The topological polar surface area (TPSA) is 38.7 Å². The normalized spacial score (nSPS) is 12.8. The Balaban J connectivity index is 2.76. The lowest BCUT2D eigenvalue weighted by molar-refractivity contribution is -0.141. The van der Waals surface area contributed by atoms with Gasteiger partial charge in [-0.1, -0.05) is 29.3 Å². The Morgan fingerprint density at radius 1 is 1.44 bits per heavy atom. The SMILES string of the molecule is COC(=O)C(C)/N=C/c1ccc(Cl)c(Cl)c1. The van der Waals surface area contributed by atoms with E-state index in [0.717, 1.165) is 5.56 Å². The third kappa shape index (κ3) is 3.51. The fraction of sp³-hybridized carbons (Fsp3) is 0.273. The summed E-state index contributed by atoms with van der Waals surface area (Å²) in [5.41, 5.74) is 0.783. The fourth-order valence-corrected chi connectivity index (χ4v) is 1.33. The summed E-state index contributed by atoms with van der Waals surface area (Å²) >= 11 is 11.6. The molecule has 0 radical (unpaired) electrons. The lowest BCUT2D eigenvalue weighted by Crippen LogP contribution is -2.16. The number of hydrogen-bond donors (Lipinski definition) is 0. The van der Waals surface area contributed by atoms with Crippen LogP contribution in [0.4, 0.5) is 0 Å². The van der Waals surface area contributed by atoms with E-state index in [1.165, 1.54) is 7.11 Å². The molecular weight excluding hydrogens is 249 g/mol. The number of esters is 1. The summed E-state index contributed by atoms with van der Waals surface area (Å²) in [6.45, 7) is 1.65. The van der Waals surface area contributed by atoms with E-state index in [0.29, 0.717) is 10.0 Å². The van der Waals surface area contributed by atoms with Crippen LogP contribution in [0.3, 0.4) is 0 Å². The van der Waals surface area contributed by atoms with Gasteiger partial charge >= 0.3 is 5.97 Å². The molecule has 0 aliphatic heterocycles. The Kier molecular flexibility index (Phi) is 4.77. The van der Waals surface area contributed by atoms with E-state index >= 15 is 0 Å². The minimum Gasteiger partial charge on any atom is -0.467 e. The van der Waals surface area contributed by atoms with Gasteiger partial charge in [-0.05, 0) is 24.6 Å². The molecule has 1 unspecified atom stereocenters. The first-order valence-electron chi connectivity index (χ1n) is 4.60. The lowest BCUT2D eigenvalue weighted by Gasteiger charge is -2.02. The maximum Gasteiger partial charge on any atom is 0.330 e. The van der Waals surface area contributed by atoms with Gasteiger partial charge in [0, 0.05) is 6.21 Å². The Morgan fingerprint density at radius 3 is 2.69 bits per heavy atom. The molecule has 0 heterocycles. The standard InChI is InChI=1S/C11H11Cl2NO2/c1-7(11(15)16-2)14-6-8-3-4-9(12)10(13)5-8/h3-7H,1-2H3/b14-6+. The van der Waals surface area contributed by atoms with E-state index in [9.17, 15) is 4.79 Å². The van der Waals surface area contributed by atoms with Crippen molar-refractivity contribution in [3.63, 3.8) is 0 Å². The predicted octanol–water partition coefficient (Wildman–Crippen LogP) is 2.97. The number of carbonyl (C=O) groups is 1. The first kappa shape index (κ1) is 13.0. The Labute approximate surface area is 104 Å². The van der Waals surface area contributed by atoms with Crippen LogP contribution in [0, 0.1) is 0 Å². The number of ether oxygens (including phenoxy) is 1. The first-order chi connectivity index (χ1) is 7.54. The molecule has 86 valence electrons. The van der Waals surface area contributed by atoms with Gasteiger partial charge in [0.15, 0.2) is 0 Å². The second-order valence-corrected chi connectivity index (χ2v) is 3.97. The summed E-state index contributed by atoms with van der Waals surface area (Å²) in [7, 11) is 1.33. The Morgan fingerprint density at radius 2 is 2.12 bits per heavy atom. The summed E-state index contributed by atoms with van der Waals surface area (Å²) in [4.78, 5) is 15.1. The van der Waals surface area contributed by atoms with Gasteiger partial charge < -0.3 is 4.74 Å². The largest absolute Gasteiger partial charge is 0.467 e. The van der Waals surface area contributed by atoms with Crippen LogP contribution in [-0.2, 0) is 9.53 Å². The van der Waals surface area contributed by atoms with Crippen LogP contribution in [0.15, 0.2) is 23.2 Å². The van der Waals surface area contributed by atoms with Gasteiger partial charge in [-0.2, -0.15) is 0 Å².